The normalized spacial score (nSPS) is 11.0. The number of non-ortho nitro benzene ring substituents is 1. The minimum Gasteiger partial charge on any atom is -0.478 e. The van der Waals surface area contributed by atoms with Crippen LogP contribution in [0.3, 0.4) is 0 Å². The first-order chi connectivity index (χ1) is 26.9. The number of esters is 1. The van der Waals surface area contributed by atoms with Gasteiger partial charge in [-0.25, -0.2) is 14.4 Å². The lowest BCUT2D eigenvalue weighted by Gasteiger charge is -2.26. The van der Waals surface area contributed by atoms with Crippen molar-refractivity contribution in [2.45, 2.75) is 25.9 Å². The van der Waals surface area contributed by atoms with Gasteiger partial charge in [-0.3, -0.25) is 10.1 Å². The summed E-state index contributed by atoms with van der Waals surface area (Å²) in [5.74, 6) is -0.704. The lowest BCUT2D eigenvalue weighted by atomic mass is 9.78. The zero-order chi connectivity index (χ0) is 39.8. The maximum absolute atomic E-state index is 12.7. The topological polar surface area (TPSA) is 181 Å². The van der Waals surface area contributed by atoms with Crippen LogP contribution >= 0.6 is 0 Å². The molecule has 0 spiro atoms. The third kappa shape index (κ3) is 9.16. The molecule has 0 heterocycles. The number of ether oxygens (including phenoxy) is 3. The van der Waals surface area contributed by atoms with Crippen molar-refractivity contribution < 1.29 is 53.5 Å². The maximum Gasteiger partial charge on any atom is 0.344 e. The summed E-state index contributed by atoms with van der Waals surface area (Å²) >= 11 is 0. The Morgan fingerprint density at radius 1 is 0.589 bits per heavy atom. The second-order valence-electron chi connectivity index (χ2n) is 12.8. The molecule has 6 rings (SSSR count). The number of nitrogens with zero attached hydrogens (tertiary/aromatic N) is 1. The molecule has 56 heavy (non-hydrogen) atoms. The van der Waals surface area contributed by atoms with Gasteiger partial charge in [-0.15, -0.1) is 0 Å². The zero-order valence-corrected chi connectivity index (χ0v) is 29.9. The predicted molar refractivity (Wildman–Crippen MR) is 202 cm³/mol. The van der Waals surface area contributed by atoms with Crippen molar-refractivity contribution >= 4 is 23.6 Å². The number of nitro groups is 1. The summed E-state index contributed by atoms with van der Waals surface area (Å²) in [5.41, 5.74) is 1.05. The van der Waals surface area contributed by atoms with Crippen molar-refractivity contribution in [2.75, 3.05) is 0 Å². The monoisotopic (exact) mass is 755 g/mol. The lowest BCUT2D eigenvalue weighted by molar-refractivity contribution is -0.384. The molecule has 0 amide bonds. The van der Waals surface area contributed by atoms with Crippen LogP contribution < -0.4 is 19.1 Å². The molecule has 0 saturated carbocycles. The van der Waals surface area contributed by atoms with E-state index in [1.165, 1.54) is 18.2 Å². The molecule has 0 atom stereocenters. The van der Waals surface area contributed by atoms with E-state index in [9.17, 15) is 34.7 Å². The van der Waals surface area contributed by atoms with E-state index in [1.54, 1.807) is 54.6 Å². The standard InChI is InChI=1S/C43H33NO12/c1-43(2,29-9-14-32(15-10-29)54-34-20-22-36(23-21-34)56-52-26-27-5-3-4-6-37(27)40(45)46)28-7-12-31(13-8-28)53-33-16-18-35(19-17-33)55-42(49)38-24-11-30(44(50)51)25-39(38)41(47)48/h3-25H,26H2,1-2H3,(H,45,46)(H,47,48). The number of carboxylic acids is 2. The lowest BCUT2D eigenvalue weighted by Crippen LogP contribution is -2.18. The molecule has 2 N–H and O–H groups in total. The van der Waals surface area contributed by atoms with Crippen molar-refractivity contribution in [2.24, 2.45) is 0 Å². The Hall–Kier alpha value is -7.51. The van der Waals surface area contributed by atoms with Crippen LogP contribution in [0.2, 0.25) is 0 Å². The van der Waals surface area contributed by atoms with E-state index in [-0.39, 0.29) is 28.9 Å². The van der Waals surface area contributed by atoms with Crippen molar-refractivity contribution in [1.29, 1.82) is 0 Å². The van der Waals surface area contributed by atoms with Crippen LogP contribution in [0.5, 0.6) is 34.5 Å². The first-order valence-electron chi connectivity index (χ1n) is 17.0. The summed E-state index contributed by atoms with van der Waals surface area (Å²) < 4.78 is 17.3. The molecule has 0 aliphatic rings. The number of carbonyl (C=O) groups is 3. The Labute approximate surface area is 319 Å². The van der Waals surface area contributed by atoms with E-state index < -0.39 is 34.1 Å². The van der Waals surface area contributed by atoms with Crippen molar-refractivity contribution in [3.05, 3.63) is 183 Å². The molecular weight excluding hydrogens is 722 g/mol. The van der Waals surface area contributed by atoms with E-state index in [4.69, 9.17) is 24.0 Å². The summed E-state index contributed by atoms with van der Waals surface area (Å²) in [6.07, 6.45) is 0. The van der Waals surface area contributed by atoms with Gasteiger partial charge in [0.25, 0.3) is 5.69 Å². The number of rotatable bonds is 15. The van der Waals surface area contributed by atoms with Crippen LogP contribution in [0.25, 0.3) is 0 Å². The number of hydrogen-bond donors (Lipinski definition) is 2. The third-order valence-electron chi connectivity index (χ3n) is 8.76. The highest BCUT2D eigenvalue weighted by molar-refractivity contribution is 6.03. The Bertz CT molecular complexity index is 2370. The van der Waals surface area contributed by atoms with Gasteiger partial charge >= 0.3 is 17.9 Å². The van der Waals surface area contributed by atoms with Gasteiger partial charge in [-0.05, 0) is 102 Å². The molecule has 0 fully saturated rings. The second kappa shape index (κ2) is 16.7. The summed E-state index contributed by atoms with van der Waals surface area (Å²) in [4.78, 5) is 56.5. The molecule has 6 aromatic rings. The summed E-state index contributed by atoms with van der Waals surface area (Å²) in [7, 11) is 0. The Kier molecular flexibility index (Phi) is 11.4. The van der Waals surface area contributed by atoms with Gasteiger partial charge in [0.1, 0.15) is 35.4 Å². The van der Waals surface area contributed by atoms with Crippen molar-refractivity contribution in [3.63, 3.8) is 0 Å². The average Bonchev–Trinajstić information content (AvgIpc) is 3.19. The van der Waals surface area contributed by atoms with Crippen molar-refractivity contribution in [1.82, 2.24) is 0 Å². The average molecular weight is 756 g/mol. The molecule has 13 nitrogen and oxygen atoms in total. The quantitative estimate of drug-likeness (QED) is 0.0333. The zero-order valence-electron chi connectivity index (χ0n) is 29.9. The molecule has 0 radical (unpaired) electrons. The largest absolute Gasteiger partial charge is 0.478 e. The van der Waals surface area contributed by atoms with E-state index in [0.29, 0.717) is 34.3 Å². The molecule has 0 unspecified atom stereocenters. The maximum atomic E-state index is 12.7. The second-order valence-corrected chi connectivity index (χ2v) is 12.8. The fourth-order valence-electron chi connectivity index (χ4n) is 5.64. The van der Waals surface area contributed by atoms with Gasteiger partial charge in [0.15, 0.2) is 5.75 Å². The molecule has 282 valence electrons. The number of aromatic carboxylic acids is 2. The molecule has 0 bridgehead atoms. The van der Waals surface area contributed by atoms with Gasteiger partial charge in [0.2, 0.25) is 0 Å². The Morgan fingerprint density at radius 3 is 1.55 bits per heavy atom. The number of hydrogen-bond acceptors (Lipinski definition) is 10. The van der Waals surface area contributed by atoms with Crippen molar-refractivity contribution in [3.8, 4) is 34.5 Å². The van der Waals surface area contributed by atoms with Gasteiger partial charge in [0.05, 0.1) is 21.6 Å². The molecule has 6 aromatic carbocycles. The predicted octanol–water partition coefficient (Wildman–Crippen LogP) is 9.63. The number of carboxylic acid groups (broad SMARTS) is 2. The molecule has 0 aliphatic heterocycles. The van der Waals surface area contributed by atoms with Crippen LogP contribution in [0.1, 0.15) is 61.6 Å². The molecule has 0 aliphatic carbocycles. The van der Waals surface area contributed by atoms with Crippen LogP contribution in [-0.2, 0) is 16.9 Å². The van der Waals surface area contributed by atoms with Crippen LogP contribution in [0.4, 0.5) is 5.69 Å². The summed E-state index contributed by atoms with van der Waals surface area (Å²) in [6.45, 7) is 4.18. The minimum absolute atomic E-state index is 0.0319. The van der Waals surface area contributed by atoms with E-state index in [2.05, 4.69) is 13.8 Å². The van der Waals surface area contributed by atoms with Gasteiger partial charge in [0, 0.05) is 17.5 Å². The van der Waals surface area contributed by atoms with Crippen LogP contribution in [0, 0.1) is 10.1 Å². The minimum atomic E-state index is -1.50. The van der Waals surface area contributed by atoms with Gasteiger partial charge < -0.3 is 29.3 Å². The highest BCUT2D eigenvalue weighted by Crippen LogP contribution is 2.35. The van der Waals surface area contributed by atoms with Crippen LogP contribution in [0.15, 0.2) is 140 Å². The summed E-state index contributed by atoms with van der Waals surface area (Å²) in [5, 5.41) is 29.8. The molecular formula is C43H33NO12. The van der Waals surface area contributed by atoms with Crippen LogP contribution in [-0.4, -0.2) is 33.0 Å². The van der Waals surface area contributed by atoms with E-state index >= 15 is 0 Å². The highest BCUT2D eigenvalue weighted by Gasteiger charge is 2.24. The van der Waals surface area contributed by atoms with E-state index in [1.807, 2.05) is 48.5 Å². The SMILES string of the molecule is CC(C)(c1ccc(Oc2ccc(OOCc3ccccc3C(=O)O)cc2)cc1)c1ccc(Oc2ccc(OC(=O)c3ccc([N+](=O)[O-])cc3C(=O)O)cc2)cc1. The fourth-order valence-corrected chi connectivity index (χ4v) is 5.64. The number of benzene rings is 6. The van der Waals surface area contributed by atoms with Gasteiger partial charge in [-0.1, -0.05) is 56.3 Å². The Morgan fingerprint density at radius 2 is 1.05 bits per heavy atom. The fraction of sp³-hybridized carbons (Fsp3) is 0.0930. The molecule has 0 saturated heterocycles. The Balaban J connectivity index is 1.01. The smallest absolute Gasteiger partial charge is 0.344 e. The van der Waals surface area contributed by atoms with Gasteiger partial charge in [-0.2, -0.15) is 4.89 Å². The molecule has 0 aromatic heterocycles. The first kappa shape index (κ1) is 38.2. The first-order valence-corrected chi connectivity index (χ1v) is 17.0. The number of nitro benzene ring substituents is 1. The molecule has 13 heteroatoms. The highest BCUT2D eigenvalue weighted by atomic mass is 17.2. The summed E-state index contributed by atoms with van der Waals surface area (Å²) in [6, 6.07) is 37.8. The van der Waals surface area contributed by atoms with E-state index in [0.717, 1.165) is 29.3 Å². The third-order valence-corrected chi connectivity index (χ3v) is 8.76. The number of carbonyl (C=O) groups excluding carboxylic acids is 1.